The summed E-state index contributed by atoms with van der Waals surface area (Å²) in [6.45, 7) is 6.08. The number of aliphatic hydroxyl groups excluding tert-OH is 1. The lowest BCUT2D eigenvalue weighted by atomic mass is 9.80. The van der Waals surface area contributed by atoms with Gasteiger partial charge in [0.1, 0.15) is 5.75 Å². The summed E-state index contributed by atoms with van der Waals surface area (Å²) in [4.78, 5) is 10.4. The molecule has 0 heterocycles. The zero-order chi connectivity index (χ0) is 15.6. The van der Waals surface area contributed by atoms with Gasteiger partial charge < -0.3 is 9.84 Å². The molecule has 0 aromatic heterocycles. The molecule has 1 saturated carbocycles. The number of aliphatic hydroxyl groups is 1. The smallest absolute Gasteiger partial charge is 0.270 e. The summed E-state index contributed by atoms with van der Waals surface area (Å²) < 4.78 is 6.02. The van der Waals surface area contributed by atoms with Crippen LogP contribution in [0.3, 0.4) is 0 Å². The first-order valence-corrected chi connectivity index (χ1v) is 7.51. The Labute approximate surface area is 125 Å². The van der Waals surface area contributed by atoms with Gasteiger partial charge in [-0.1, -0.05) is 13.8 Å². The molecule has 4 atom stereocenters. The molecule has 0 saturated heterocycles. The van der Waals surface area contributed by atoms with Crippen molar-refractivity contribution in [2.75, 3.05) is 0 Å². The van der Waals surface area contributed by atoms with Crippen molar-refractivity contribution in [2.45, 2.75) is 52.2 Å². The normalized spacial score (nSPS) is 27.1. The van der Waals surface area contributed by atoms with Gasteiger partial charge in [0.05, 0.1) is 17.1 Å². The first-order valence-electron chi connectivity index (χ1n) is 7.51. The number of nitro benzene ring substituents is 1. The Morgan fingerprint density at radius 2 is 2.05 bits per heavy atom. The first-order chi connectivity index (χ1) is 9.88. The van der Waals surface area contributed by atoms with Gasteiger partial charge >= 0.3 is 0 Å². The van der Waals surface area contributed by atoms with Gasteiger partial charge in [-0.3, -0.25) is 10.1 Å². The molecule has 0 radical (unpaired) electrons. The van der Waals surface area contributed by atoms with Gasteiger partial charge in [-0.15, -0.1) is 0 Å². The van der Waals surface area contributed by atoms with E-state index in [9.17, 15) is 15.2 Å². The van der Waals surface area contributed by atoms with Gasteiger partial charge in [0.2, 0.25) is 0 Å². The Morgan fingerprint density at radius 1 is 1.33 bits per heavy atom. The van der Waals surface area contributed by atoms with Crippen LogP contribution < -0.4 is 4.74 Å². The molecular formula is C16H23NO4. The van der Waals surface area contributed by atoms with Crippen LogP contribution in [-0.2, 0) is 0 Å². The third-order valence-corrected chi connectivity index (χ3v) is 4.50. The Bertz CT molecular complexity index is 515. The minimum atomic E-state index is -0.792. The van der Waals surface area contributed by atoms with Crippen LogP contribution in [0.2, 0.25) is 0 Å². The molecule has 1 aromatic rings. The van der Waals surface area contributed by atoms with Crippen molar-refractivity contribution in [3.05, 3.63) is 33.9 Å². The number of nitrogens with zero attached hydrogens (tertiary/aromatic N) is 1. The average Bonchev–Trinajstić information content (AvgIpc) is 2.43. The maximum Gasteiger partial charge on any atom is 0.270 e. The molecule has 2 rings (SSSR count). The number of ether oxygens (including phenoxy) is 1. The zero-order valence-electron chi connectivity index (χ0n) is 12.8. The Kier molecular flexibility index (Phi) is 4.83. The molecule has 0 spiro atoms. The molecular weight excluding hydrogens is 270 g/mol. The van der Waals surface area contributed by atoms with E-state index in [1.165, 1.54) is 12.1 Å². The second-order valence-electron chi connectivity index (χ2n) is 6.16. The molecule has 0 amide bonds. The number of hydrogen-bond donors (Lipinski definition) is 1. The van der Waals surface area contributed by atoms with E-state index in [-0.39, 0.29) is 11.8 Å². The molecule has 5 heteroatoms. The van der Waals surface area contributed by atoms with Crippen molar-refractivity contribution in [1.29, 1.82) is 0 Å². The van der Waals surface area contributed by atoms with E-state index in [2.05, 4.69) is 13.8 Å². The van der Waals surface area contributed by atoms with Crippen molar-refractivity contribution in [3.8, 4) is 5.75 Å². The molecule has 1 fully saturated rings. The fraction of sp³-hybridized carbons (Fsp3) is 0.625. The summed E-state index contributed by atoms with van der Waals surface area (Å²) in [5.74, 6) is 1.87. The van der Waals surface area contributed by atoms with E-state index >= 15 is 0 Å². The molecule has 1 aliphatic rings. The second kappa shape index (κ2) is 6.43. The lowest BCUT2D eigenvalue weighted by molar-refractivity contribution is -0.385. The maximum atomic E-state index is 10.8. The fourth-order valence-corrected chi connectivity index (χ4v) is 2.87. The van der Waals surface area contributed by atoms with Gasteiger partial charge in [0.15, 0.2) is 0 Å². The number of benzene rings is 1. The SMILES string of the molecule is CC1CCC(Oc2ccc([N+](=O)[O-])cc2[C@@H](C)O)CC1C. The van der Waals surface area contributed by atoms with Crippen LogP contribution in [0, 0.1) is 22.0 Å². The van der Waals surface area contributed by atoms with E-state index < -0.39 is 11.0 Å². The standard InChI is InChI=1S/C16H23NO4/c1-10-4-6-14(8-11(10)2)21-16-7-5-13(17(19)20)9-15(16)12(3)18/h5,7,9-12,14,18H,4,6,8H2,1-3H3/t10?,11?,12-,14?/m1/s1. The van der Waals surface area contributed by atoms with E-state index in [1.807, 2.05) is 0 Å². The van der Waals surface area contributed by atoms with Crippen molar-refractivity contribution in [1.82, 2.24) is 0 Å². The molecule has 116 valence electrons. The summed E-state index contributed by atoms with van der Waals surface area (Å²) >= 11 is 0. The fourth-order valence-electron chi connectivity index (χ4n) is 2.87. The van der Waals surface area contributed by atoms with Gasteiger partial charge in [0.25, 0.3) is 5.69 Å². The molecule has 3 unspecified atom stereocenters. The van der Waals surface area contributed by atoms with E-state index in [1.54, 1.807) is 13.0 Å². The highest BCUT2D eigenvalue weighted by Gasteiger charge is 2.27. The average molecular weight is 293 g/mol. The minimum Gasteiger partial charge on any atom is -0.490 e. The third-order valence-electron chi connectivity index (χ3n) is 4.50. The second-order valence-corrected chi connectivity index (χ2v) is 6.16. The molecule has 21 heavy (non-hydrogen) atoms. The van der Waals surface area contributed by atoms with Crippen molar-refractivity contribution < 1.29 is 14.8 Å². The number of non-ortho nitro benzene ring substituents is 1. The largest absolute Gasteiger partial charge is 0.490 e. The topological polar surface area (TPSA) is 72.6 Å². The van der Waals surface area contributed by atoms with Crippen LogP contribution in [-0.4, -0.2) is 16.1 Å². The van der Waals surface area contributed by atoms with Crippen LogP contribution in [0.25, 0.3) is 0 Å². The van der Waals surface area contributed by atoms with Crippen molar-refractivity contribution in [3.63, 3.8) is 0 Å². The van der Waals surface area contributed by atoms with Crippen LogP contribution >= 0.6 is 0 Å². The van der Waals surface area contributed by atoms with Crippen molar-refractivity contribution >= 4 is 5.69 Å². The highest BCUT2D eigenvalue weighted by molar-refractivity contribution is 5.45. The summed E-state index contributed by atoms with van der Waals surface area (Å²) in [7, 11) is 0. The minimum absolute atomic E-state index is 0.0242. The van der Waals surface area contributed by atoms with E-state index in [0.29, 0.717) is 23.1 Å². The predicted octanol–water partition coefficient (Wildman–Crippen LogP) is 3.85. The van der Waals surface area contributed by atoms with E-state index in [0.717, 1.165) is 19.3 Å². The highest BCUT2D eigenvalue weighted by atomic mass is 16.6. The van der Waals surface area contributed by atoms with Crippen molar-refractivity contribution in [2.24, 2.45) is 11.8 Å². The van der Waals surface area contributed by atoms with Crippen LogP contribution in [0.5, 0.6) is 5.75 Å². The number of hydrogen-bond acceptors (Lipinski definition) is 4. The Morgan fingerprint density at radius 3 is 2.62 bits per heavy atom. The summed E-state index contributed by atoms with van der Waals surface area (Å²) in [6, 6.07) is 4.42. The number of nitro groups is 1. The highest BCUT2D eigenvalue weighted by Crippen LogP contribution is 2.35. The quantitative estimate of drug-likeness (QED) is 0.676. The summed E-state index contributed by atoms with van der Waals surface area (Å²) in [5.41, 5.74) is 0.458. The monoisotopic (exact) mass is 293 g/mol. The van der Waals surface area contributed by atoms with Gasteiger partial charge in [-0.25, -0.2) is 0 Å². The van der Waals surface area contributed by atoms with Crippen LogP contribution in [0.15, 0.2) is 18.2 Å². The van der Waals surface area contributed by atoms with Crippen LogP contribution in [0.4, 0.5) is 5.69 Å². The molecule has 1 N–H and O–H groups in total. The maximum absolute atomic E-state index is 10.8. The van der Waals surface area contributed by atoms with Gasteiger partial charge in [0, 0.05) is 17.7 Å². The molecule has 5 nitrogen and oxygen atoms in total. The molecule has 0 aliphatic heterocycles. The first kappa shape index (κ1) is 15.8. The van der Waals surface area contributed by atoms with E-state index in [4.69, 9.17) is 4.74 Å². The summed E-state index contributed by atoms with van der Waals surface area (Å²) in [6.07, 6.45) is 2.43. The Hall–Kier alpha value is -1.62. The third kappa shape index (κ3) is 3.73. The molecule has 1 aliphatic carbocycles. The summed E-state index contributed by atoms with van der Waals surface area (Å²) in [5, 5.41) is 20.7. The van der Waals surface area contributed by atoms with Gasteiger partial charge in [-0.05, 0) is 44.1 Å². The lowest BCUT2D eigenvalue weighted by Gasteiger charge is -2.32. The molecule has 1 aromatic carbocycles. The molecule has 0 bridgehead atoms. The van der Waals surface area contributed by atoms with Gasteiger partial charge in [-0.2, -0.15) is 0 Å². The Balaban J connectivity index is 2.17. The zero-order valence-corrected chi connectivity index (χ0v) is 12.8. The number of rotatable bonds is 4. The lowest BCUT2D eigenvalue weighted by Crippen LogP contribution is -2.29. The predicted molar refractivity (Wildman–Crippen MR) is 80.3 cm³/mol. The van der Waals surface area contributed by atoms with Crippen LogP contribution in [0.1, 0.15) is 51.7 Å².